The maximum Gasteiger partial charge on any atom is 0.0216 e. The van der Waals surface area contributed by atoms with Crippen LogP contribution in [-0.2, 0) is 6.54 Å². The fourth-order valence-corrected chi connectivity index (χ4v) is 2.98. The van der Waals surface area contributed by atoms with E-state index in [4.69, 9.17) is 0 Å². The normalized spacial score (nSPS) is 19.7. The lowest BCUT2D eigenvalue weighted by atomic mass is 9.96. The predicted molar refractivity (Wildman–Crippen MR) is 67.3 cm³/mol. The molecule has 0 aliphatic heterocycles. The number of hydrogen-bond acceptors (Lipinski definition) is 2. The van der Waals surface area contributed by atoms with Crippen LogP contribution in [0, 0.1) is 0 Å². The Hall–Kier alpha value is -0.340. The molecular formula is C13H21NS. The summed E-state index contributed by atoms with van der Waals surface area (Å²) in [5, 5.41) is 8.11. The molecule has 1 saturated carbocycles. The highest BCUT2D eigenvalue weighted by atomic mass is 32.1. The van der Waals surface area contributed by atoms with Gasteiger partial charge < -0.3 is 5.32 Å². The number of nitrogens with one attached hydrogen (secondary N) is 1. The fraction of sp³-hybridized carbons (Fsp3) is 0.692. The summed E-state index contributed by atoms with van der Waals surface area (Å²) >= 11 is 1.79. The molecule has 1 aliphatic rings. The molecule has 84 valence electrons. The van der Waals surface area contributed by atoms with Gasteiger partial charge in [-0.3, -0.25) is 0 Å². The maximum absolute atomic E-state index is 3.70. The Bertz CT molecular complexity index is 248. The van der Waals surface area contributed by atoms with Crippen LogP contribution in [0.1, 0.15) is 50.5 Å². The zero-order valence-electron chi connectivity index (χ0n) is 9.37. The van der Waals surface area contributed by atoms with E-state index in [9.17, 15) is 0 Å². The van der Waals surface area contributed by atoms with Gasteiger partial charge in [0.15, 0.2) is 0 Å². The Kier molecular flexibility index (Phi) is 4.68. The summed E-state index contributed by atoms with van der Waals surface area (Å²) in [4.78, 5) is 0. The third-order valence-corrected chi connectivity index (χ3v) is 4.01. The first-order chi connectivity index (χ1) is 7.45. The average Bonchev–Trinajstić information content (AvgIpc) is 2.68. The van der Waals surface area contributed by atoms with E-state index in [-0.39, 0.29) is 0 Å². The first-order valence-corrected chi connectivity index (χ1v) is 7.14. The highest BCUT2D eigenvalue weighted by Crippen LogP contribution is 2.17. The van der Waals surface area contributed by atoms with Gasteiger partial charge in [0.2, 0.25) is 0 Å². The van der Waals surface area contributed by atoms with Crippen molar-refractivity contribution in [2.75, 3.05) is 0 Å². The van der Waals surface area contributed by atoms with Crippen LogP contribution in [0.2, 0.25) is 0 Å². The Labute approximate surface area is 96.9 Å². The first kappa shape index (κ1) is 11.2. The van der Waals surface area contributed by atoms with Gasteiger partial charge in [-0.2, -0.15) is 11.3 Å². The van der Waals surface area contributed by atoms with Gasteiger partial charge in [0.25, 0.3) is 0 Å². The van der Waals surface area contributed by atoms with Gasteiger partial charge in [0, 0.05) is 12.6 Å². The SMILES string of the molecule is c1cc(CNC2CCCCCCC2)cs1. The molecule has 0 amide bonds. The van der Waals surface area contributed by atoms with E-state index >= 15 is 0 Å². The molecule has 0 spiro atoms. The monoisotopic (exact) mass is 223 g/mol. The van der Waals surface area contributed by atoms with E-state index in [2.05, 4.69) is 22.1 Å². The summed E-state index contributed by atoms with van der Waals surface area (Å²) in [5.41, 5.74) is 1.45. The number of thiophene rings is 1. The molecular weight excluding hydrogens is 202 g/mol. The second kappa shape index (κ2) is 6.29. The Morgan fingerprint density at radius 1 is 1.13 bits per heavy atom. The van der Waals surface area contributed by atoms with Crippen molar-refractivity contribution in [3.63, 3.8) is 0 Å². The topological polar surface area (TPSA) is 12.0 Å². The summed E-state index contributed by atoms with van der Waals surface area (Å²) in [5.74, 6) is 0. The zero-order chi connectivity index (χ0) is 10.3. The summed E-state index contributed by atoms with van der Waals surface area (Å²) < 4.78 is 0. The molecule has 1 aliphatic carbocycles. The third-order valence-electron chi connectivity index (χ3n) is 3.28. The summed E-state index contributed by atoms with van der Waals surface area (Å²) in [6.07, 6.45) is 9.93. The summed E-state index contributed by atoms with van der Waals surface area (Å²) in [7, 11) is 0. The van der Waals surface area contributed by atoms with Crippen LogP contribution in [0.4, 0.5) is 0 Å². The Balaban J connectivity index is 1.72. The number of rotatable bonds is 3. The van der Waals surface area contributed by atoms with Crippen molar-refractivity contribution in [2.45, 2.75) is 57.5 Å². The van der Waals surface area contributed by atoms with Gasteiger partial charge in [0.1, 0.15) is 0 Å². The molecule has 1 heterocycles. The van der Waals surface area contributed by atoms with Gasteiger partial charge >= 0.3 is 0 Å². The van der Waals surface area contributed by atoms with E-state index in [0.717, 1.165) is 12.6 Å². The standard InChI is InChI=1S/C13H21NS/c1-2-4-6-13(7-5-3-1)14-10-12-8-9-15-11-12/h8-9,11,13-14H,1-7,10H2. The fourth-order valence-electron chi connectivity index (χ4n) is 2.32. The minimum Gasteiger partial charge on any atom is -0.310 e. The van der Waals surface area contributed by atoms with Crippen molar-refractivity contribution in [3.05, 3.63) is 22.4 Å². The molecule has 0 saturated heterocycles. The molecule has 1 aromatic rings. The van der Waals surface area contributed by atoms with Gasteiger partial charge in [-0.25, -0.2) is 0 Å². The van der Waals surface area contributed by atoms with Crippen LogP contribution in [-0.4, -0.2) is 6.04 Å². The first-order valence-electron chi connectivity index (χ1n) is 6.19. The minimum atomic E-state index is 0.769. The molecule has 0 atom stereocenters. The van der Waals surface area contributed by atoms with Crippen LogP contribution in [0.3, 0.4) is 0 Å². The van der Waals surface area contributed by atoms with E-state index in [1.165, 1.54) is 50.5 Å². The van der Waals surface area contributed by atoms with Crippen LogP contribution >= 0.6 is 11.3 Å². The summed E-state index contributed by atoms with van der Waals surface area (Å²) in [6.45, 7) is 1.06. The molecule has 0 bridgehead atoms. The molecule has 0 aromatic carbocycles. The van der Waals surface area contributed by atoms with Gasteiger partial charge in [0.05, 0.1) is 0 Å². The molecule has 0 radical (unpaired) electrons. The highest BCUT2D eigenvalue weighted by Gasteiger charge is 2.10. The molecule has 1 fully saturated rings. The van der Waals surface area contributed by atoms with Crippen molar-refractivity contribution < 1.29 is 0 Å². The molecule has 1 aromatic heterocycles. The lowest BCUT2D eigenvalue weighted by Gasteiger charge is -2.20. The second-order valence-electron chi connectivity index (χ2n) is 4.55. The lowest BCUT2D eigenvalue weighted by molar-refractivity contribution is 0.389. The van der Waals surface area contributed by atoms with Gasteiger partial charge in [-0.1, -0.05) is 32.1 Å². The molecule has 1 N–H and O–H groups in total. The zero-order valence-corrected chi connectivity index (χ0v) is 10.2. The molecule has 0 unspecified atom stereocenters. The summed E-state index contributed by atoms with van der Waals surface area (Å²) in [6, 6.07) is 2.99. The van der Waals surface area contributed by atoms with Crippen molar-refractivity contribution in [1.82, 2.24) is 5.32 Å². The quantitative estimate of drug-likeness (QED) is 0.818. The van der Waals surface area contributed by atoms with Crippen molar-refractivity contribution in [1.29, 1.82) is 0 Å². The highest BCUT2D eigenvalue weighted by molar-refractivity contribution is 7.07. The Morgan fingerprint density at radius 3 is 2.53 bits per heavy atom. The second-order valence-corrected chi connectivity index (χ2v) is 5.33. The third kappa shape index (κ3) is 3.96. The van der Waals surface area contributed by atoms with Crippen LogP contribution in [0.25, 0.3) is 0 Å². The van der Waals surface area contributed by atoms with Crippen LogP contribution in [0.15, 0.2) is 16.8 Å². The van der Waals surface area contributed by atoms with Crippen LogP contribution < -0.4 is 5.32 Å². The van der Waals surface area contributed by atoms with Crippen molar-refractivity contribution >= 4 is 11.3 Å². The van der Waals surface area contributed by atoms with E-state index < -0.39 is 0 Å². The van der Waals surface area contributed by atoms with E-state index in [1.54, 1.807) is 11.3 Å². The van der Waals surface area contributed by atoms with E-state index in [1.807, 2.05) is 0 Å². The Morgan fingerprint density at radius 2 is 1.87 bits per heavy atom. The van der Waals surface area contributed by atoms with E-state index in [0.29, 0.717) is 0 Å². The predicted octanol–water partition coefficient (Wildman–Crippen LogP) is 3.95. The molecule has 2 rings (SSSR count). The molecule has 1 nitrogen and oxygen atoms in total. The lowest BCUT2D eigenvalue weighted by Crippen LogP contribution is -2.29. The largest absolute Gasteiger partial charge is 0.310 e. The molecule has 2 heteroatoms. The maximum atomic E-state index is 3.70. The van der Waals surface area contributed by atoms with Crippen LogP contribution in [0.5, 0.6) is 0 Å². The van der Waals surface area contributed by atoms with Gasteiger partial charge in [-0.05, 0) is 35.2 Å². The molecule has 15 heavy (non-hydrogen) atoms. The smallest absolute Gasteiger partial charge is 0.0216 e. The van der Waals surface area contributed by atoms with Crippen molar-refractivity contribution in [3.8, 4) is 0 Å². The van der Waals surface area contributed by atoms with Gasteiger partial charge in [-0.15, -0.1) is 0 Å². The number of hydrogen-bond donors (Lipinski definition) is 1. The average molecular weight is 223 g/mol. The van der Waals surface area contributed by atoms with Crippen molar-refractivity contribution in [2.24, 2.45) is 0 Å². The minimum absolute atomic E-state index is 0.769.